The van der Waals surface area contributed by atoms with Gasteiger partial charge in [-0.1, -0.05) is 55.5 Å². The van der Waals surface area contributed by atoms with Crippen LogP contribution >= 0.6 is 0 Å². The highest BCUT2D eigenvalue weighted by molar-refractivity contribution is 5.91. The van der Waals surface area contributed by atoms with E-state index in [-0.39, 0.29) is 11.7 Å². The molecule has 0 N–H and O–H groups in total. The van der Waals surface area contributed by atoms with Gasteiger partial charge in [0, 0.05) is 25.2 Å². The summed E-state index contributed by atoms with van der Waals surface area (Å²) in [4.78, 5) is 22.1. The number of rotatable bonds is 4. The standard InChI is InChI=1S/C22H25N5O/c1-2-25-14-9-15-26(17-16-25)22(28)20-23-21(18-10-5-3-6-11-18)27(24-20)19-12-7-4-8-13-19/h3-8,10-13H,2,9,14-17H2,1H3. The Morgan fingerprint density at radius 2 is 1.64 bits per heavy atom. The predicted molar refractivity (Wildman–Crippen MR) is 109 cm³/mol. The van der Waals surface area contributed by atoms with Crippen molar-refractivity contribution in [3.05, 3.63) is 66.5 Å². The predicted octanol–water partition coefficient (Wildman–Crippen LogP) is 3.10. The van der Waals surface area contributed by atoms with E-state index >= 15 is 0 Å². The Kier molecular flexibility index (Phi) is 5.48. The van der Waals surface area contributed by atoms with Crippen LogP contribution in [0.25, 0.3) is 17.1 Å². The van der Waals surface area contributed by atoms with Gasteiger partial charge in [0.05, 0.1) is 5.69 Å². The zero-order valence-corrected chi connectivity index (χ0v) is 16.2. The Balaban J connectivity index is 1.68. The molecule has 1 fully saturated rings. The number of hydrogen-bond acceptors (Lipinski definition) is 4. The number of nitrogens with zero attached hydrogens (tertiary/aromatic N) is 5. The summed E-state index contributed by atoms with van der Waals surface area (Å²) < 4.78 is 1.76. The van der Waals surface area contributed by atoms with Gasteiger partial charge in [0.2, 0.25) is 5.82 Å². The molecule has 4 rings (SSSR count). The molecule has 0 spiro atoms. The summed E-state index contributed by atoms with van der Waals surface area (Å²) in [5.74, 6) is 0.845. The third kappa shape index (κ3) is 3.82. The molecule has 1 aromatic heterocycles. The molecular formula is C22H25N5O. The summed E-state index contributed by atoms with van der Waals surface area (Å²) in [5.41, 5.74) is 1.83. The summed E-state index contributed by atoms with van der Waals surface area (Å²) >= 11 is 0. The molecule has 2 aromatic carbocycles. The smallest absolute Gasteiger partial charge is 0.293 e. The molecule has 1 amide bonds. The molecule has 1 aliphatic rings. The first-order valence-electron chi connectivity index (χ1n) is 9.86. The minimum absolute atomic E-state index is 0.0928. The van der Waals surface area contributed by atoms with Gasteiger partial charge < -0.3 is 9.80 Å². The maximum absolute atomic E-state index is 13.1. The number of hydrogen-bond donors (Lipinski definition) is 0. The lowest BCUT2D eigenvalue weighted by atomic mass is 10.2. The molecule has 1 aliphatic heterocycles. The van der Waals surface area contributed by atoms with Crippen LogP contribution in [0.5, 0.6) is 0 Å². The monoisotopic (exact) mass is 375 g/mol. The van der Waals surface area contributed by atoms with Crippen molar-refractivity contribution in [3.63, 3.8) is 0 Å². The third-order valence-corrected chi connectivity index (χ3v) is 5.15. The first kappa shape index (κ1) is 18.4. The van der Waals surface area contributed by atoms with E-state index in [2.05, 4.69) is 21.9 Å². The number of carbonyl (C=O) groups excluding carboxylic acids is 1. The second kappa shape index (κ2) is 8.35. The highest BCUT2D eigenvalue weighted by Gasteiger charge is 2.25. The minimum Gasteiger partial charge on any atom is -0.335 e. The lowest BCUT2D eigenvalue weighted by Gasteiger charge is -2.19. The van der Waals surface area contributed by atoms with Gasteiger partial charge in [-0.2, -0.15) is 0 Å². The molecule has 6 nitrogen and oxygen atoms in total. The molecule has 1 saturated heterocycles. The summed E-state index contributed by atoms with van der Waals surface area (Å²) in [6.45, 7) is 6.56. The third-order valence-electron chi connectivity index (χ3n) is 5.15. The van der Waals surface area contributed by atoms with Gasteiger partial charge in [-0.15, -0.1) is 5.10 Å². The van der Waals surface area contributed by atoms with Crippen LogP contribution in [0.2, 0.25) is 0 Å². The first-order valence-corrected chi connectivity index (χ1v) is 9.86. The van der Waals surface area contributed by atoms with Gasteiger partial charge >= 0.3 is 0 Å². The van der Waals surface area contributed by atoms with Crippen LogP contribution in [-0.2, 0) is 0 Å². The highest BCUT2D eigenvalue weighted by Crippen LogP contribution is 2.21. The maximum atomic E-state index is 13.1. The molecule has 6 heteroatoms. The average Bonchev–Trinajstić information content (AvgIpc) is 3.06. The fourth-order valence-corrected chi connectivity index (χ4v) is 3.56. The van der Waals surface area contributed by atoms with E-state index in [1.165, 1.54) is 0 Å². The van der Waals surface area contributed by atoms with Gasteiger partial charge in [-0.3, -0.25) is 4.79 Å². The molecule has 0 unspecified atom stereocenters. The maximum Gasteiger partial charge on any atom is 0.293 e. The van der Waals surface area contributed by atoms with Crippen LogP contribution in [0.15, 0.2) is 60.7 Å². The van der Waals surface area contributed by atoms with Crippen LogP contribution in [0.1, 0.15) is 24.0 Å². The minimum atomic E-state index is -0.0928. The Bertz CT molecular complexity index is 866. The van der Waals surface area contributed by atoms with Crippen LogP contribution in [0.3, 0.4) is 0 Å². The molecule has 0 saturated carbocycles. The Morgan fingerprint density at radius 1 is 0.929 bits per heavy atom. The molecule has 0 aliphatic carbocycles. The van der Waals surface area contributed by atoms with Gasteiger partial charge in [-0.25, -0.2) is 9.67 Å². The van der Waals surface area contributed by atoms with Crippen molar-refractivity contribution in [2.45, 2.75) is 13.3 Å². The molecular weight excluding hydrogens is 350 g/mol. The lowest BCUT2D eigenvalue weighted by Crippen LogP contribution is -2.35. The van der Waals surface area contributed by atoms with Crippen molar-refractivity contribution in [3.8, 4) is 17.1 Å². The largest absolute Gasteiger partial charge is 0.335 e. The first-order chi connectivity index (χ1) is 13.8. The second-order valence-corrected chi connectivity index (χ2v) is 6.95. The molecule has 0 radical (unpaired) electrons. The van der Waals surface area contributed by atoms with E-state index < -0.39 is 0 Å². The van der Waals surface area contributed by atoms with E-state index in [9.17, 15) is 4.79 Å². The molecule has 0 atom stereocenters. The average molecular weight is 375 g/mol. The number of carbonyl (C=O) groups is 1. The van der Waals surface area contributed by atoms with Crippen molar-refractivity contribution >= 4 is 5.91 Å². The van der Waals surface area contributed by atoms with Gasteiger partial charge in [0.25, 0.3) is 5.91 Å². The second-order valence-electron chi connectivity index (χ2n) is 6.95. The number of benzene rings is 2. The number of amides is 1. The fraction of sp³-hybridized carbons (Fsp3) is 0.318. The quantitative estimate of drug-likeness (QED) is 0.703. The fourth-order valence-electron chi connectivity index (χ4n) is 3.56. The van der Waals surface area contributed by atoms with E-state index in [0.717, 1.165) is 43.9 Å². The van der Waals surface area contributed by atoms with E-state index in [1.54, 1.807) is 4.68 Å². The van der Waals surface area contributed by atoms with Crippen LogP contribution in [0.4, 0.5) is 0 Å². The Hall–Kier alpha value is -2.99. The molecule has 2 heterocycles. The van der Waals surface area contributed by atoms with Crippen molar-refractivity contribution in [1.29, 1.82) is 0 Å². The van der Waals surface area contributed by atoms with Crippen LogP contribution in [0, 0.1) is 0 Å². The van der Waals surface area contributed by atoms with Crippen molar-refractivity contribution in [2.75, 3.05) is 32.7 Å². The zero-order valence-electron chi connectivity index (χ0n) is 16.2. The van der Waals surface area contributed by atoms with Gasteiger partial charge in [0.1, 0.15) is 0 Å². The van der Waals surface area contributed by atoms with E-state index in [0.29, 0.717) is 12.4 Å². The van der Waals surface area contributed by atoms with Crippen LogP contribution in [-0.4, -0.2) is 63.2 Å². The van der Waals surface area contributed by atoms with Gasteiger partial charge in [-0.05, 0) is 31.6 Å². The van der Waals surface area contributed by atoms with Crippen molar-refractivity contribution in [2.24, 2.45) is 0 Å². The summed E-state index contributed by atoms with van der Waals surface area (Å²) in [7, 11) is 0. The zero-order chi connectivity index (χ0) is 19.3. The van der Waals surface area contributed by atoms with Crippen molar-refractivity contribution < 1.29 is 4.79 Å². The molecule has 0 bridgehead atoms. The van der Waals surface area contributed by atoms with Gasteiger partial charge in [0.15, 0.2) is 5.82 Å². The Labute approximate surface area is 165 Å². The SMILES string of the molecule is CCN1CCCN(C(=O)c2nc(-c3ccccc3)n(-c3ccccc3)n2)CC1. The summed E-state index contributed by atoms with van der Waals surface area (Å²) in [5, 5.41) is 4.60. The topological polar surface area (TPSA) is 54.3 Å². The molecule has 28 heavy (non-hydrogen) atoms. The highest BCUT2D eigenvalue weighted by atomic mass is 16.2. The normalized spacial score (nSPS) is 15.4. The van der Waals surface area contributed by atoms with Crippen molar-refractivity contribution in [1.82, 2.24) is 24.6 Å². The lowest BCUT2D eigenvalue weighted by molar-refractivity contribution is 0.0749. The Morgan fingerprint density at radius 3 is 2.36 bits per heavy atom. The van der Waals surface area contributed by atoms with Crippen LogP contribution < -0.4 is 0 Å². The molecule has 3 aromatic rings. The number of aromatic nitrogens is 3. The van der Waals surface area contributed by atoms with E-state index in [1.807, 2.05) is 65.6 Å². The van der Waals surface area contributed by atoms with E-state index in [4.69, 9.17) is 0 Å². The number of likely N-dealkylation sites (N-methyl/N-ethyl adjacent to an activating group) is 1. The molecule has 144 valence electrons. The summed E-state index contributed by atoms with van der Waals surface area (Å²) in [6.07, 6.45) is 0.977. The summed E-state index contributed by atoms with van der Waals surface area (Å²) in [6, 6.07) is 19.7. The number of para-hydroxylation sites is 1.